The van der Waals surface area contributed by atoms with Crippen molar-refractivity contribution >= 4 is 6.03 Å². The number of hydrogen-bond acceptors (Lipinski definition) is 4. The van der Waals surface area contributed by atoms with Crippen molar-refractivity contribution < 1.29 is 4.79 Å². The van der Waals surface area contributed by atoms with Gasteiger partial charge >= 0.3 is 11.7 Å². The molecule has 2 amide bonds. The Balaban J connectivity index is 1.48. The Hall–Kier alpha value is -3.42. The van der Waals surface area contributed by atoms with Crippen LogP contribution in [0, 0.1) is 0 Å². The van der Waals surface area contributed by atoms with Crippen LogP contribution in [0.3, 0.4) is 0 Å². The first-order valence-electron chi connectivity index (χ1n) is 8.75. The molecule has 0 spiro atoms. The van der Waals surface area contributed by atoms with E-state index in [9.17, 15) is 9.59 Å². The second kappa shape index (κ2) is 8.79. The normalized spacial score (nSPS) is 10.6. The van der Waals surface area contributed by atoms with Gasteiger partial charge in [0.1, 0.15) is 0 Å². The number of rotatable bonds is 7. The molecule has 0 unspecified atom stereocenters. The van der Waals surface area contributed by atoms with Crippen LogP contribution in [0.15, 0.2) is 59.7 Å². The fraction of sp³-hybridized carbons (Fsp3) is 0.263. The first-order valence-corrected chi connectivity index (χ1v) is 8.75. The third-order valence-corrected chi connectivity index (χ3v) is 4.11. The van der Waals surface area contributed by atoms with E-state index in [1.807, 2.05) is 36.4 Å². The first kappa shape index (κ1) is 18.4. The number of carbonyl (C=O) groups is 1. The van der Waals surface area contributed by atoms with Crippen LogP contribution in [-0.4, -0.2) is 38.5 Å². The van der Waals surface area contributed by atoms with Gasteiger partial charge < -0.3 is 10.6 Å². The van der Waals surface area contributed by atoms with Gasteiger partial charge in [-0.15, -0.1) is 5.10 Å². The van der Waals surface area contributed by atoms with E-state index in [4.69, 9.17) is 0 Å². The van der Waals surface area contributed by atoms with Crippen molar-refractivity contribution in [3.63, 3.8) is 0 Å². The SMILES string of the molecule is Cn1c(-c2cccnc2)nn(CCNC(=O)NCCc2ccccc2)c1=O. The molecule has 8 nitrogen and oxygen atoms in total. The van der Waals surface area contributed by atoms with Gasteiger partial charge in [-0.2, -0.15) is 0 Å². The van der Waals surface area contributed by atoms with E-state index >= 15 is 0 Å². The Labute approximate surface area is 156 Å². The summed E-state index contributed by atoms with van der Waals surface area (Å²) in [6, 6.07) is 13.3. The number of amides is 2. The molecule has 2 heterocycles. The molecule has 1 aromatic carbocycles. The summed E-state index contributed by atoms with van der Waals surface area (Å²) in [5.74, 6) is 0.542. The van der Waals surface area contributed by atoms with Gasteiger partial charge in [-0.1, -0.05) is 30.3 Å². The van der Waals surface area contributed by atoms with Crippen LogP contribution < -0.4 is 16.3 Å². The summed E-state index contributed by atoms with van der Waals surface area (Å²) in [7, 11) is 1.66. The molecule has 0 radical (unpaired) electrons. The molecule has 3 rings (SSSR count). The number of hydrogen-bond donors (Lipinski definition) is 2. The van der Waals surface area contributed by atoms with E-state index in [0.29, 0.717) is 25.5 Å². The van der Waals surface area contributed by atoms with Crippen LogP contribution >= 0.6 is 0 Å². The van der Waals surface area contributed by atoms with Crippen molar-refractivity contribution in [3.05, 3.63) is 70.9 Å². The third kappa shape index (κ3) is 4.81. The van der Waals surface area contributed by atoms with E-state index in [0.717, 1.165) is 12.0 Å². The fourth-order valence-electron chi connectivity index (χ4n) is 2.68. The minimum absolute atomic E-state index is 0.236. The van der Waals surface area contributed by atoms with E-state index in [1.165, 1.54) is 14.8 Å². The molecule has 0 aliphatic heterocycles. The Morgan fingerprint density at radius 2 is 1.85 bits per heavy atom. The summed E-state index contributed by atoms with van der Waals surface area (Å²) in [5, 5.41) is 9.88. The van der Waals surface area contributed by atoms with E-state index in [1.54, 1.807) is 25.5 Å². The van der Waals surface area contributed by atoms with Crippen LogP contribution in [0.2, 0.25) is 0 Å². The van der Waals surface area contributed by atoms with Crippen molar-refractivity contribution in [2.24, 2.45) is 7.05 Å². The summed E-state index contributed by atoms with van der Waals surface area (Å²) in [4.78, 5) is 28.2. The van der Waals surface area contributed by atoms with Gasteiger partial charge in [-0.25, -0.2) is 14.3 Å². The van der Waals surface area contributed by atoms with Crippen LogP contribution in [0.4, 0.5) is 4.79 Å². The fourth-order valence-corrected chi connectivity index (χ4v) is 2.68. The number of pyridine rings is 1. The monoisotopic (exact) mass is 366 g/mol. The highest BCUT2D eigenvalue weighted by Crippen LogP contribution is 2.12. The van der Waals surface area contributed by atoms with E-state index in [-0.39, 0.29) is 11.7 Å². The van der Waals surface area contributed by atoms with Gasteiger partial charge in [0.25, 0.3) is 0 Å². The largest absolute Gasteiger partial charge is 0.345 e. The van der Waals surface area contributed by atoms with Crippen molar-refractivity contribution in [1.82, 2.24) is 30.0 Å². The van der Waals surface area contributed by atoms with Crippen molar-refractivity contribution in [1.29, 1.82) is 0 Å². The summed E-state index contributed by atoms with van der Waals surface area (Å²) in [6.07, 6.45) is 4.09. The molecule has 0 bridgehead atoms. The average molecular weight is 366 g/mol. The molecule has 2 aromatic heterocycles. The zero-order valence-electron chi connectivity index (χ0n) is 15.1. The molecule has 0 saturated carbocycles. The van der Waals surface area contributed by atoms with Crippen LogP contribution in [0.1, 0.15) is 5.56 Å². The van der Waals surface area contributed by atoms with Crippen molar-refractivity contribution in [2.45, 2.75) is 13.0 Å². The second-order valence-corrected chi connectivity index (χ2v) is 6.05. The predicted octanol–water partition coefficient (Wildman–Crippen LogP) is 1.19. The lowest BCUT2D eigenvalue weighted by atomic mass is 10.1. The lowest BCUT2D eigenvalue weighted by Crippen LogP contribution is -2.39. The molecule has 0 aliphatic carbocycles. The molecule has 0 saturated heterocycles. The summed E-state index contributed by atoms with van der Waals surface area (Å²) >= 11 is 0. The molecule has 2 N–H and O–H groups in total. The predicted molar refractivity (Wildman–Crippen MR) is 102 cm³/mol. The summed E-state index contributed by atoms with van der Waals surface area (Å²) < 4.78 is 2.81. The summed E-state index contributed by atoms with van der Waals surface area (Å²) in [5.41, 5.74) is 1.70. The van der Waals surface area contributed by atoms with Gasteiger partial charge in [-0.3, -0.25) is 9.55 Å². The molecule has 0 fully saturated rings. The highest BCUT2D eigenvalue weighted by Gasteiger charge is 2.12. The topological polar surface area (TPSA) is 93.8 Å². The second-order valence-electron chi connectivity index (χ2n) is 6.05. The number of nitrogens with one attached hydrogen (secondary N) is 2. The van der Waals surface area contributed by atoms with Crippen molar-refractivity contribution in [2.75, 3.05) is 13.1 Å². The van der Waals surface area contributed by atoms with E-state index in [2.05, 4.69) is 20.7 Å². The highest BCUT2D eigenvalue weighted by atomic mass is 16.2. The molecule has 140 valence electrons. The van der Waals surface area contributed by atoms with E-state index < -0.39 is 0 Å². The Bertz CT molecular complexity index is 934. The Kier molecular flexibility index (Phi) is 5.98. The maximum Gasteiger partial charge on any atom is 0.345 e. The highest BCUT2D eigenvalue weighted by molar-refractivity contribution is 5.73. The minimum atomic E-state index is -0.262. The van der Waals surface area contributed by atoms with Crippen LogP contribution in [0.5, 0.6) is 0 Å². The average Bonchev–Trinajstić information content (AvgIpc) is 2.98. The number of urea groups is 1. The van der Waals surface area contributed by atoms with Crippen molar-refractivity contribution in [3.8, 4) is 11.4 Å². The van der Waals surface area contributed by atoms with Gasteiger partial charge in [0, 0.05) is 38.1 Å². The summed E-state index contributed by atoms with van der Waals surface area (Å²) in [6.45, 7) is 1.14. The lowest BCUT2D eigenvalue weighted by molar-refractivity contribution is 0.240. The number of aromatic nitrogens is 4. The maximum atomic E-state index is 12.3. The first-order chi connectivity index (χ1) is 13.1. The molecular weight excluding hydrogens is 344 g/mol. The molecule has 27 heavy (non-hydrogen) atoms. The molecule has 0 aliphatic rings. The number of carbonyl (C=O) groups excluding carboxylic acids is 1. The lowest BCUT2D eigenvalue weighted by Gasteiger charge is -2.07. The molecule has 8 heteroatoms. The molecule has 3 aromatic rings. The third-order valence-electron chi connectivity index (χ3n) is 4.11. The Morgan fingerprint density at radius 3 is 2.59 bits per heavy atom. The smallest absolute Gasteiger partial charge is 0.338 e. The van der Waals surface area contributed by atoms with Gasteiger partial charge in [0.2, 0.25) is 0 Å². The molecule has 0 atom stereocenters. The number of nitrogens with zero attached hydrogens (tertiary/aromatic N) is 4. The van der Waals surface area contributed by atoms with Crippen LogP contribution in [-0.2, 0) is 20.0 Å². The zero-order valence-corrected chi connectivity index (χ0v) is 15.1. The minimum Gasteiger partial charge on any atom is -0.338 e. The number of benzene rings is 1. The quantitative estimate of drug-likeness (QED) is 0.657. The van der Waals surface area contributed by atoms with Crippen LogP contribution in [0.25, 0.3) is 11.4 Å². The zero-order chi connectivity index (χ0) is 19.1. The standard InChI is InChI=1S/C19H22N6O2/c1-24-17(16-8-5-10-20-14-16)23-25(19(24)27)13-12-22-18(26)21-11-9-15-6-3-2-4-7-15/h2-8,10,14H,9,11-13H2,1H3,(H2,21,22,26). The van der Waals surface area contributed by atoms with Gasteiger partial charge in [0.15, 0.2) is 5.82 Å². The van der Waals surface area contributed by atoms with Gasteiger partial charge in [-0.05, 0) is 24.1 Å². The maximum absolute atomic E-state index is 12.3. The Morgan fingerprint density at radius 1 is 1.07 bits per heavy atom. The van der Waals surface area contributed by atoms with Gasteiger partial charge in [0.05, 0.1) is 6.54 Å². The molecular formula is C19H22N6O2.